The molecule has 122 valence electrons. The van der Waals surface area contributed by atoms with Crippen LogP contribution in [0.5, 0.6) is 0 Å². The number of fused-ring (bicyclic) bond motifs is 1. The van der Waals surface area contributed by atoms with E-state index in [1.807, 2.05) is 6.92 Å². The molecule has 0 aliphatic rings. The fraction of sp³-hybridized carbons (Fsp3) is 0.286. The van der Waals surface area contributed by atoms with Gasteiger partial charge in [-0.25, -0.2) is 9.38 Å². The molecule has 0 aliphatic carbocycles. The number of hydrogen-bond acceptors (Lipinski definition) is 6. The Hall–Kier alpha value is -2.19. The van der Waals surface area contributed by atoms with E-state index in [2.05, 4.69) is 15.6 Å². The number of amides is 1. The highest BCUT2D eigenvalue weighted by atomic mass is 35.5. The molecule has 7 nitrogen and oxygen atoms in total. The van der Waals surface area contributed by atoms with Crippen molar-refractivity contribution in [2.24, 2.45) is 0 Å². The van der Waals surface area contributed by atoms with Gasteiger partial charge in [0.05, 0.1) is 12.2 Å². The van der Waals surface area contributed by atoms with Gasteiger partial charge in [0.15, 0.2) is 4.96 Å². The molecule has 2 aromatic heterocycles. The van der Waals surface area contributed by atoms with E-state index in [4.69, 9.17) is 17.0 Å². The maximum Gasteiger partial charge on any atom is 0.269 e. The minimum atomic E-state index is -0.315. The predicted molar refractivity (Wildman–Crippen MR) is 91.6 cm³/mol. The standard InChI is InChI=1S/C14H16ClN5O2S/c1-3-17-13(22)12-8(2)23-14-19-9(6-11(21)20(12)14)7-18-10(15)4-5-16/h4-6,16,18H,3,7H2,1-2H3,(H,17,22)/b10-4-,16-5?. The van der Waals surface area contributed by atoms with Crippen molar-refractivity contribution in [3.05, 3.63) is 43.9 Å². The summed E-state index contributed by atoms with van der Waals surface area (Å²) in [6.07, 6.45) is 2.44. The Morgan fingerprint density at radius 3 is 2.91 bits per heavy atom. The molecule has 0 spiro atoms. The molecule has 9 heteroatoms. The molecule has 0 aliphatic heterocycles. The fourth-order valence-corrected chi connectivity index (χ4v) is 3.15. The van der Waals surface area contributed by atoms with Gasteiger partial charge in [0.25, 0.3) is 11.5 Å². The van der Waals surface area contributed by atoms with Gasteiger partial charge < -0.3 is 16.0 Å². The smallest absolute Gasteiger partial charge is 0.269 e. The first-order chi connectivity index (χ1) is 11.0. The van der Waals surface area contributed by atoms with Crippen LogP contribution in [0.2, 0.25) is 0 Å². The molecular formula is C14H16ClN5O2S. The zero-order valence-corrected chi connectivity index (χ0v) is 14.2. The van der Waals surface area contributed by atoms with Gasteiger partial charge in [-0.2, -0.15) is 0 Å². The maximum atomic E-state index is 12.4. The lowest BCUT2D eigenvalue weighted by Gasteiger charge is -2.05. The van der Waals surface area contributed by atoms with Crippen LogP contribution in [0.4, 0.5) is 0 Å². The molecule has 0 unspecified atom stereocenters. The number of allylic oxidation sites excluding steroid dienone is 1. The summed E-state index contributed by atoms with van der Waals surface area (Å²) in [6, 6.07) is 1.36. The summed E-state index contributed by atoms with van der Waals surface area (Å²) in [4.78, 5) is 30.0. The lowest BCUT2D eigenvalue weighted by Crippen LogP contribution is -2.28. The second-order valence-corrected chi connectivity index (χ2v) is 6.19. The van der Waals surface area contributed by atoms with Gasteiger partial charge in [-0.3, -0.25) is 9.59 Å². The largest absolute Gasteiger partial charge is 0.370 e. The van der Waals surface area contributed by atoms with Crippen molar-refractivity contribution >= 4 is 40.0 Å². The van der Waals surface area contributed by atoms with Crippen LogP contribution in [-0.2, 0) is 6.54 Å². The summed E-state index contributed by atoms with van der Waals surface area (Å²) in [6.45, 7) is 4.34. The quantitative estimate of drug-likeness (QED) is 0.543. The van der Waals surface area contributed by atoms with E-state index < -0.39 is 0 Å². The normalized spacial score (nSPS) is 11.5. The third-order valence-corrected chi connectivity index (χ3v) is 4.18. The molecule has 0 saturated carbocycles. The molecule has 23 heavy (non-hydrogen) atoms. The van der Waals surface area contributed by atoms with Crippen molar-refractivity contribution in [2.75, 3.05) is 6.54 Å². The number of carbonyl (C=O) groups is 1. The van der Waals surface area contributed by atoms with Gasteiger partial charge in [0.1, 0.15) is 10.9 Å². The second-order valence-electron chi connectivity index (χ2n) is 4.60. The van der Waals surface area contributed by atoms with Crippen LogP contribution in [0.15, 0.2) is 22.1 Å². The Bertz CT molecular complexity index is 840. The Kier molecular flexibility index (Phi) is 5.51. The molecule has 0 atom stereocenters. The minimum absolute atomic E-state index is 0.252. The van der Waals surface area contributed by atoms with Crippen LogP contribution in [0.3, 0.4) is 0 Å². The number of nitrogens with zero attached hydrogens (tertiary/aromatic N) is 2. The van der Waals surface area contributed by atoms with E-state index in [-0.39, 0.29) is 23.2 Å². The lowest BCUT2D eigenvalue weighted by atomic mass is 10.3. The molecule has 0 aromatic carbocycles. The van der Waals surface area contributed by atoms with Crippen molar-refractivity contribution in [3.8, 4) is 0 Å². The number of carbonyl (C=O) groups excluding carboxylic acids is 1. The number of aromatic nitrogens is 2. The topological polar surface area (TPSA) is 99.3 Å². The lowest BCUT2D eigenvalue weighted by molar-refractivity contribution is 0.0949. The summed E-state index contributed by atoms with van der Waals surface area (Å²) < 4.78 is 1.32. The first-order valence-corrected chi connectivity index (χ1v) is 8.07. The van der Waals surface area contributed by atoms with E-state index in [1.165, 1.54) is 27.9 Å². The maximum absolute atomic E-state index is 12.4. The summed E-state index contributed by atoms with van der Waals surface area (Å²) in [7, 11) is 0. The highest BCUT2D eigenvalue weighted by Gasteiger charge is 2.18. The van der Waals surface area contributed by atoms with Crippen molar-refractivity contribution in [3.63, 3.8) is 0 Å². The summed E-state index contributed by atoms with van der Waals surface area (Å²) in [5.74, 6) is -0.289. The van der Waals surface area contributed by atoms with Crippen LogP contribution in [0.25, 0.3) is 4.96 Å². The van der Waals surface area contributed by atoms with E-state index in [1.54, 1.807) is 6.92 Å². The van der Waals surface area contributed by atoms with Crippen LogP contribution in [0.1, 0.15) is 28.0 Å². The number of halogens is 1. The molecule has 2 heterocycles. The van der Waals surface area contributed by atoms with E-state index in [9.17, 15) is 9.59 Å². The second kappa shape index (κ2) is 7.38. The molecule has 3 N–H and O–H groups in total. The third kappa shape index (κ3) is 3.77. The Morgan fingerprint density at radius 1 is 1.52 bits per heavy atom. The van der Waals surface area contributed by atoms with Crippen LogP contribution >= 0.6 is 22.9 Å². The molecule has 0 radical (unpaired) electrons. The van der Waals surface area contributed by atoms with Crippen molar-refractivity contribution in [1.82, 2.24) is 20.0 Å². The monoisotopic (exact) mass is 353 g/mol. The SMILES string of the molecule is CCNC(=O)c1c(C)sc2nc(CN/C(Cl)=C\C=N)cc(=O)n12. The van der Waals surface area contributed by atoms with Gasteiger partial charge in [0, 0.05) is 23.7 Å². The number of nitrogens with one attached hydrogen (secondary N) is 3. The first-order valence-electron chi connectivity index (χ1n) is 6.88. The highest BCUT2D eigenvalue weighted by Crippen LogP contribution is 2.19. The van der Waals surface area contributed by atoms with E-state index in [0.717, 1.165) is 11.1 Å². The zero-order chi connectivity index (χ0) is 17.0. The zero-order valence-electron chi connectivity index (χ0n) is 12.6. The van der Waals surface area contributed by atoms with Crippen molar-refractivity contribution in [1.29, 1.82) is 5.41 Å². The van der Waals surface area contributed by atoms with E-state index in [0.29, 0.717) is 22.9 Å². The number of thiazole rings is 1. The molecule has 0 saturated heterocycles. The molecular weight excluding hydrogens is 338 g/mol. The van der Waals surface area contributed by atoms with Gasteiger partial charge in [-0.15, -0.1) is 11.3 Å². The highest BCUT2D eigenvalue weighted by molar-refractivity contribution is 7.17. The molecule has 0 bridgehead atoms. The average Bonchev–Trinajstić information content (AvgIpc) is 2.82. The third-order valence-electron chi connectivity index (χ3n) is 2.96. The summed E-state index contributed by atoms with van der Waals surface area (Å²) >= 11 is 7.12. The number of hydrogen-bond donors (Lipinski definition) is 3. The Labute approximate surface area is 141 Å². The Balaban J connectivity index is 2.40. The number of aryl methyl sites for hydroxylation is 1. The van der Waals surface area contributed by atoms with Gasteiger partial charge in [0.2, 0.25) is 0 Å². The predicted octanol–water partition coefficient (Wildman–Crippen LogP) is 1.63. The molecule has 2 aromatic rings. The van der Waals surface area contributed by atoms with Crippen LogP contribution in [0, 0.1) is 12.3 Å². The fourth-order valence-electron chi connectivity index (χ4n) is 2.03. The van der Waals surface area contributed by atoms with E-state index >= 15 is 0 Å². The summed E-state index contributed by atoms with van der Waals surface area (Å²) in [5, 5.41) is 12.8. The van der Waals surface area contributed by atoms with Crippen molar-refractivity contribution in [2.45, 2.75) is 20.4 Å². The Morgan fingerprint density at radius 2 is 2.26 bits per heavy atom. The molecule has 2 rings (SSSR count). The van der Waals surface area contributed by atoms with Crippen LogP contribution < -0.4 is 16.2 Å². The molecule has 0 fully saturated rings. The van der Waals surface area contributed by atoms with Gasteiger partial charge in [-0.05, 0) is 19.9 Å². The van der Waals surface area contributed by atoms with Crippen molar-refractivity contribution < 1.29 is 4.79 Å². The number of rotatable bonds is 6. The molecule has 1 amide bonds. The minimum Gasteiger partial charge on any atom is -0.370 e. The van der Waals surface area contributed by atoms with Gasteiger partial charge >= 0.3 is 0 Å². The first kappa shape index (κ1) is 17.2. The summed E-state index contributed by atoms with van der Waals surface area (Å²) in [5.41, 5.74) is 0.519. The average molecular weight is 354 g/mol. The van der Waals surface area contributed by atoms with Crippen LogP contribution in [-0.4, -0.2) is 28.1 Å². The van der Waals surface area contributed by atoms with Gasteiger partial charge in [-0.1, -0.05) is 11.6 Å².